The Hall–Kier alpha value is -2.05. The fourth-order valence-electron chi connectivity index (χ4n) is 1.59. The Morgan fingerprint density at radius 1 is 1.50 bits per heavy atom. The van der Waals surface area contributed by atoms with E-state index in [-0.39, 0.29) is 22.0 Å². The van der Waals surface area contributed by atoms with Crippen molar-refractivity contribution in [2.75, 3.05) is 10.5 Å². The maximum Gasteiger partial charge on any atom is 0.267 e. The molecule has 0 amide bonds. The maximum absolute atomic E-state index is 12.2. The molecule has 2 aromatic rings. The summed E-state index contributed by atoms with van der Waals surface area (Å²) < 4.78 is 28.8. The zero-order valence-corrected chi connectivity index (χ0v) is 12.7. The molecule has 0 fully saturated rings. The summed E-state index contributed by atoms with van der Waals surface area (Å²) in [6, 6.07) is 6.58. The van der Waals surface area contributed by atoms with Crippen LogP contribution < -0.4 is 10.5 Å². The number of hydrogen-bond acceptors (Lipinski definition) is 5. The van der Waals surface area contributed by atoms with Crippen LogP contribution in [0.3, 0.4) is 0 Å². The first-order chi connectivity index (χ1) is 9.33. The lowest BCUT2D eigenvalue weighted by atomic mass is 10.2. The van der Waals surface area contributed by atoms with E-state index in [1.54, 1.807) is 13.1 Å². The smallest absolute Gasteiger partial charge is 0.267 e. The molecule has 0 bridgehead atoms. The van der Waals surface area contributed by atoms with Gasteiger partial charge in [-0.3, -0.25) is 9.40 Å². The van der Waals surface area contributed by atoms with Crippen LogP contribution in [0.4, 0.5) is 11.5 Å². The largest absolute Gasteiger partial charge is 0.381 e. The van der Waals surface area contributed by atoms with Gasteiger partial charge in [-0.05, 0) is 18.2 Å². The van der Waals surface area contributed by atoms with E-state index in [4.69, 9.17) is 11.0 Å². The predicted octanol–water partition coefficient (Wildman–Crippen LogP) is 1.44. The Morgan fingerprint density at radius 3 is 2.75 bits per heavy atom. The molecule has 9 heteroatoms. The van der Waals surface area contributed by atoms with Gasteiger partial charge in [-0.1, -0.05) is 15.9 Å². The molecule has 7 nitrogen and oxygen atoms in total. The van der Waals surface area contributed by atoms with Gasteiger partial charge in [0.1, 0.15) is 11.0 Å². The van der Waals surface area contributed by atoms with Crippen LogP contribution in [-0.4, -0.2) is 18.2 Å². The Balaban J connectivity index is 2.46. The SMILES string of the molecule is Cn1cc(S(=O)(=O)Nc2cc(Br)ccc2C#N)c(N)n1. The molecule has 20 heavy (non-hydrogen) atoms. The van der Waals surface area contributed by atoms with Crippen molar-refractivity contribution in [2.45, 2.75) is 4.90 Å². The molecule has 0 saturated heterocycles. The molecule has 2 rings (SSSR count). The fourth-order valence-corrected chi connectivity index (χ4v) is 3.13. The van der Waals surface area contributed by atoms with Crippen molar-refractivity contribution in [2.24, 2.45) is 7.05 Å². The second kappa shape index (κ2) is 5.15. The molecule has 1 aromatic heterocycles. The molecule has 0 aliphatic heterocycles. The van der Waals surface area contributed by atoms with Crippen molar-refractivity contribution in [3.05, 3.63) is 34.4 Å². The highest BCUT2D eigenvalue weighted by atomic mass is 79.9. The lowest BCUT2D eigenvalue weighted by Gasteiger charge is -2.08. The third-order valence-electron chi connectivity index (χ3n) is 2.46. The summed E-state index contributed by atoms with van der Waals surface area (Å²) in [5.74, 6) is -0.103. The highest BCUT2D eigenvalue weighted by Crippen LogP contribution is 2.25. The van der Waals surface area contributed by atoms with Crippen LogP contribution in [0, 0.1) is 11.3 Å². The van der Waals surface area contributed by atoms with Crippen molar-refractivity contribution in [3.63, 3.8) is 0 Å². The van der Waals surface area contributed by atoms with Gasteiger partial charge in [-0.25, -0.2) is 8.42 Å². The van der Waals surface area contributed by atoms with Gasteiger partial charge in [0.15, 0.2) is 5.82 Å². The normalized spacial score (nSPS) is 11.1. The van der Waals surface area contributed by atoms with E-state index >= 15 is 0 Å². The van der Waals surface area contributed by atoms with E-state index in [0.717, 1.165) is 0 Å². The van der Waals surface area contributed by atoms with Gasteiger partial charge < -0.3 is 5.73 Å². The van der Waals surface area contributed by atoms with E-state index < -0.39 is 10.0 Å². The number of benzene rings is 1. The Labute approximate surface area is 124 Å². The van der Waals surface area contributed by atoms with Crippen molar-refractivity contribution >= 4 is 37.5 Å². The quantitative estimate of drug-likeness (QED) is 0.864. The second-order valence-electron chi connectivity index (χ2n) is 3.96. The molecule has 0 aliphatic carbocycles. The minimum Gasteiger partial charge on any atom is -0.381 e. The number of nitrogens with two attached hydrogens (primary N) is 1. The van der Waals surface area contributed by atoms with Crippen LogP contribution in [0.1, 0.15) is 5.56 Å². The zero-order valence-electron chi connectivity index (χ0n) is 10.3. The van der Waals surface area contributed by atoms with Gasteiger partial charge >= 0.3 is 0 Å². The average Bonchev–Trinajstić information content (AvgIpc) is 2.69. The number of hydrogen-bond donors (Lipinski definition) is 2. The highest BCUT2D eigenvalue weighted by molar-refractivity contribution is 9.10. The number of rotatable bonds is 3. The topological polar surface area (TPSA) is 114 Å². The number of nitriles is 1. The van der Waals surface area contributed by atoms with Gasteiger partial charge in [0.2, 0.25) is 0 Å². The van der Waals surface area contributed by atoms with Crippen molar-refractivity contribution in [3.8, 4) is 6.07 Å². The number of nitrogens with one attached hydrogen (secondary N) is 1. The molecule has 0 radical (unpaired) electrons. The van der Waals surface area contributed by atoms with Gasteiger partial charge in [0.05, 0.1) is 11.3 Å². The average molecular weight is 356 g/mol. The lowest BCUT2D eigenvalue weighted by Crippen LogP contribution is -2.14. The summed E-state index contributed by atoms with van der Waals surface area (Å²) in [6.07, 6.45) is 1.29. The Kier molecular flexibility index (Phi) is 3.69. The van der Waals surface area contributed by atoms with Crippen LogP contribution in [0.5, 0.6) is 0 Å². The monoisotopic (exact) mass is 355 g/mol. The molecule has 0 saturated carbocycles. The third kappa shape index (κ3) is 2.76. The van der Waals surface area contributed by atoms with Crippen molar-refractivity contribution in [1.82, 2.24) is 9.78 Å². The molecule has 1 heterocycles. The van der Waals surface area contributed by atoms with Gasteiger partial charge in [-0.2, -0.15) is 10.4 Å². The molecule has 0 atom stereocenters. The summed E-state index contributed by atoms with van der Waals surface area (Å²) in [4.78, 5) is -0.135. The maximum atomic E-state index is 12.2. The van der Waals surface area contributed by atoms with E-state index in [1.165, 1.54) is 23.0 Å². The second-order valence-corrected chi connectivity index (χ2v) is 6.53. The van der Waals surface area contributed by atoms with E-state index in [2.05, 4.69) is 25.8 Å². The Bertz CT molecular complexity index is 807. The number of aromatic nitrogens is 2. The number of nitrogens with zero attached hydrogens (tertiary/aromatic N) is 3. The lowest BCUT2D eigenvalue weighted by molar-refractivity contribution is 0.601. The third-order valence-corrected chi connectivity index (χ3v) is 4.33. The summed E-state index contributed by atoms with van der Waals surface area (Å²) in [7, 11) is -2.34. The molecule has 104 valence electrons. The highest BCUT2D eigenvalue weighted by Gasteiger charge is 2.22. The van der Waals surface area contributed by atoms with Crippen LogP contribution in [-0.2, 0) is 17.1 Å². The van der Waals surface area contributed by atoms with Gasteiger partial charge in [-0.15, -0.1) is 0 Å². The van der Waals surface area contributed by atoms with Crippen molar-refractivity contribution < 1.29 is 8.42 Å². The molecule has 0 aliphatic rings. The molecular formula is C11H10BrN5O2S. The first kappa shape index (κ1) is 14.4. The predicted molar refractivity (Wildman–Crippen MR) is 77.3 cm³/mol. The molecule has 3 N–H and O–H groups in total. The standard InChI is InChI=1S/C11H10BrN5O2S/c1-17-6-10(11(14)15-17)20(18,19)16-9-4-8(12)3-2-7(9)5-13/h2-4,6,16H,1H3,(H2,14,15). The van der Waals surface area contributed by atoms with Gasteiger partial charge in [0, 0.05) is 17.7 Å². The molecule has 0 spiro atoms. The molecule has 0 unspecified atom stereocenters. The number of aryl methyl sites for hydroxylation is 1. The molecular weight excluding hydrogens is 346 g/mol. The van der Waals surface area contributed by atoms with Crippen molar-refractivity contribution in [1.29, 1.82) is 5.26 Å². The van der Waals surface area contributed by atoms with Crippen LogP contribution in [0.2, 0.25) is 0 Å². The number of anilines is 2. The number of nitrogen functional groups attached to an aromatic ring is 1. The van der Waals surface area contributed by atoms with Gasteiger partial charge in [0.25, 0.3) is 10.0 Å². The number of halogens is 1. The van der Waals surface area contributed by atoms with E-state index in [1.807, 2.05) is 6.07 Å². The summed E-state index contributed by atoms with van der Waals surface area (Å²) >= 11 is 3.22. The van der Waals surface area contributed by atoms with E-state index in [9.17, 15) is 8.42 Å². The zero-order chi connectivity index (χ0) is 14.9. The molecule has 1 aromatic carbocycles. The minimum absolute atomic E-state index is 0.103. The van der Waals surface area contributed by atoms with Crippen LogP contribution in [0.25, 0.3) is 0 Å². The first-order valence-corrected chi connectivity index (χ1v) is 7.62. The van der Waals surface area contributed by atoms with E-state index in [0.29, 0.717) is 4.47 Å². The summed E-state index contributed by atoms with van der Waals surface area (Å²) in [5, 5.41) is 12.8. The summed E-state index contributed by atoms with van der Waals surface area (Å²) in [5.41, 5.74) is 5.94. The van der Waals surface area contributed by atoms with Crippen LogP contribution in [0.15, 0.2) is 33.8 Å². The van der Waals surface area contributed by atoms with Crippen LogP contribution >= 0.6 is 15.9 Å². The fraction of sp³-hybridized carbons (Fsp3) is 0.0909. The first-order valence-electron chi connectivity index (χ1n) is 5.35. The minimum atomic E-state index is -3.90. The number of sulfonamides is 1. The summed E-state index contributed by atoms with van der Waals surface area (Å²) in [6.45, 7) is 0. The Morgan fingerprint density at radius 2 is 2.20 bits per heavy atom.